The number of hydrogen-bond acceptors (Lipinski definition) is 0. The molecule has 244 valence electrons. The third kappa shape index (κ3) is 8.58. The van der Waals surface area contributed by atoms with Crippen molar-refractivity contribution in [3.8, 4) is 0 Å². The lowest BCUT2D eigenvalue weighted by atomic mass is 9.63. The van der Waals surface area contributed by atoms with Crippen LogP contribution in [0.3, 0.4) is 0 Å². The second kappa shape index (κ2) is 11.7. The molecule has 0 spiro atoms. The molecule has 0 N–H and O–H groups in total. The van der Waals surface area contributed by atoms with Gasteiger partial charge in [0.1, 0.15) is 0 Å². The largest absolute Gasteiger partial charge is 0.0579 e. The van der Waals surface area contributed by atoms with E-state index in [2.05, 4.69) is 164 Å². The van der Waals surface area contributed by atoms with Crippen molar-refractivity contribution in [1.82, 2.24) is 0 Å². The Kier molecular flexibility index (Phi) is 10.2. The summed E-state index contributed by atoms with van der Waals surface area (Å²) in [7, 11) is 0. The van der Waals surface area contributed by atoms with Crippen LogP contribution in [0.25, 0.3) is 0 Å². The number of benzene rings is 2. The van der Waals surface area contributed by atoms with Crippen LogP contribution >= 0.6 is 0 Å². The van der Waals surface area contributed by atoms with Crippen LogP contribution in [0.15, 0.2) is 18.2 Å². The molecule has 2 rings (SSSR count). The van der Waals surface area contributed by atoms with Gasteiger partial charge in [-0.05, 0) is 107 Å². The fourth-order valence-electron chi connectivity index (χ4n) is 7.38. The van der Waals surface area contributed by atoms with E-state index >= 15 is 0 Å². The zero-order chi connectivity index (χ0) is 33.9. The first-order valence-electron chi connectivity index (χ1n) is 17.2. The van der Waals surface area contributed by atoms with E-state index in [1.165, 1.54) is 16.7 Å². The Morgan fingerprint density at radius 1 is 0.326 bits per heavy atom. The van der Waals surface area contributed by atoms with Crippen molar-refractivity contribution in [2.45, 2.75) is 203 Å². The zero-order valence-electron chi connectivity index (χ0n) is 32.9. The van der Waals surface area contributed by atoms with Crippen LogP contribution in [0.1, 0.15) is 202 Å². The van der Waals surface area contributed by atoms with Gasteiger partial charge in [0.2, 0.25) is 0 Å². The smallest absolute Gasteiger partial charge is 0.0126 e. The molecule has 0 unspecified atom stereocenters. The fraction of sp³-hybridized carbons (Fsp3) is 0.721. The van der Waals surface area contributed by atoms with Gasteiger partial charge in [-0.2, -0.15) is 0 Å². The summed E-state index contributed by atoms with van der Waals surface area (Å²) in [6.45, 7) is 50.7. The first kappa shape index (κ1) is 37.6. The Hall–Kier alpha value is -1.56. The van der Waals surface area contributed by atoms with E-state index in [0.29, 0.717) is 0 Å². The number of hydrogen-bond donors (Lipinski definition) is 0. The molecule has 0 aliphatic rings. The van der Waals surface area contributed by atoms with E-state index in [4.69, 9.17) is 0 Å². The number of rotatable bonds is 4. The molecule has 0 bridgehead atoms. The van der Waals surface area contributed by atoms with Crippen LogP contribution in [0.4, 0.5) is 0 Å². The molecule has 0 saturated carbocycles. The standard InChI is InChI=1S/C43H72/c1-37(2,3)30-25-26-31(38(4,5)6)34(41(13,14)15)28(30)23-22-24-29-32(39(7,8)9)27-33(40(10,11)12)36(43(19,20)21)35(29)42(16,17)18/h25-27H,22-24H2,1-21H3. The van der Waals surface area contributed by atoms with Crippen molar-refractivity contribution in [3.05, 3.63) is 68.3 Å². The van der Waals surface area contributed by atoms with Crippen LogP contribution in [0.2, 0.25) is 0 Å². The molecule has 0 heterocycles. The van der Waals surface area contributed by atoms with E-state index in [9.17, 15) is 0 Å². The summed E-state index contributed by atoms with van der Waals surface area (Å²) in [6.07, 6.45) is 3.38. The second-order valence-corrected chi connectivity index (χ2v) is 20.8. The predicted molar refractivity (Wildman–Crippen MR) is 196 cm³/mol. The Bertz CT molecular complexity index is 1280. The van der Waals surface area contributed by atoms with Crippen molar-refractivity contribution in [2.24, 2.45) is 0 Å². The maximum atomic E-state index is 2.62. The summed E-state index contributed by atoms with van der Waals surface area (Å²) >= 11 is 0. The average molecular weight is 589 g/mol. The van der Waals surface area contributed by atoms with Crippen molar-refractivity contribution in [2.75, 3.05) is 0 Å². The maximum absolute atomic E-state index is 2.62. The lowest BCUT2D eigenvalue weighted by Crippen LogP contribution is -2.32. The van der Waals surface area contributed by atoms with Crippen LogP contribution in [0, 0.1) is 0 Å². The molecule has 2 aromatic carbocycles. The highest BCUT2D eigenvalue weighted by molar-refractivity contribution is 5.56. The van der Waals surface area contributed by atoms with Gasteiger partial charge in [0, 0.05) is 0 Å². The minimum Gasteiger partial charge on any atom is -0.0579 e. The van der Waals surface area contributed by atoms with E-state index < -0.39 is 0 Å². The SMILES string of the molecule is CC(C)(C)c1ccc(C(C)(C)C)c(C(C)(C)C)c1CCCc1c(C(C)(C)C)cc(C(C)(C)C)c(C(C)(C)C)c1C(C)(C)C. The molecule has 0 aliphatic heterocycles. The Labute approximate surface area is 270 Å². The van der Waals surface area contributed by atoms with Gasteiger partial charge in [-0.15, -0.1) is 0 Å². The van der Waals surface area contributed by atoms with Crippen LogP contribution in [0.5, 0.6) is 0 Å². The first-order valence-corrected chi connectivity index (χ1v) is 17.2. The average Bonchev–Trinajstić information content (AvgIpc) is 2.72. The Balaban J connectivity index is 2.94. The minimum absolute atomic E-state index is 0.0541. The molecule has 0 aromatic heterocycles. The van der Waals surface area contributed by atoms with Crippen LogP contribution < -0.4 is 0 Å². The molecular formula is C43H72. The molecule has 0 nitrogen and oxygen atoms in total. The van der Waals surface area contributed by atoms with E-state index in [1.807, 2.05) is 0 Å². The van der Waals surface area contributed by atoms with Crippen molar-refractivity contribution < 1.29 is 0 Å². The van der Waals surface area contributed by atoms with Gasteiger partial charge in [-0.1, -0.05) is 164 Å². The third-order valence-electron chi connectivity index (χ3n) is 9.08. The maximum Gasteiger partial charge on any atom is -0.0126 e. The van der Waals surface area contributed by atoms with E-state index in [0.717, 1.165) is 19.3 Å². The lowest BCUT2D eigenvalue weighted by molar-refractivity contribution is 0.482. The van der Waals surface area contributed by atoms with Crippen LogP contribution in [-0.2, 0) is 50.7 Å². The molecular weight excluding hydrogens is 516 g/mol. The van der Waals surface area contributed by atoms with Gasteiger partial charge in [0.15, 0.2) is 0 Å². The molecule has 0 radical (unpaired) electrons. The second-order valence-electron chi connectivity index (χ2n) is 20.8. The van der Waals surface area contributed by atoms with E-state index in [1.54, 1.807) is 33.4 Å². The topological polar surface area (TPSA) is 0 Å². The summed E-state index contributed by atoms with van der Waals surface area (Å²) in [5.41, 5.74) is 14.7. The summed E-state index contributed by atoms with van der Waals surface area (Å²) in [5.74, 6) is 0. The molecule has 0 saturated heterocycles. The first-order chi connectivity index (χ1) is 18.8. The van der Waals surface area contributed by atoms with Gasteiger partial charge >= 0.3 is 0 Å². The van der Waals surface area contributed by atoms with Crippen molar-refractivity contribution in [1.29, 1.82) is 0 Å². The third-order valence-corrected chi connectivity index (χ3v) is 9.08. The van der Waals surface area contributed by atoms with Crippen molar-refractivity contribution >= 4 is 0 Å². The predicted octanol–water partition coefficient (Wildman–Crippen LogP) is 12.9. The monoisotopic (exact) mass is 589 g/mol. The highest BCUT2D eigenvalue weighted by Crippen LogP contribution is 2.47. The normalized spacial score (nSPS) is 14.4. The summed E-state index contributed by atoms with van der Waals surface area (Å²) in [6, 6.07) is 7.52. The fourth-order valence-corrected chi connectivity index (χ4v) is 7.38. The quantitative estimate of drug-likeness (QED) is 0.333. The molecule has 43 heavy (non-hydrogen) atoms. The lowest BCUT2D eigenvalue weighted by Gasteiger charge is -2.41. The van der Waals surface area contributed by atoms with Gasteiger partial charge in [-0.25, -0.2) is 0 Å². The van der Waals surface area contributed by atoms with Gasteiger partial charge in [0.05, 0.1) is 0 Å². The molecule has 0 fully saturated rings. The zero-order valence-corrected chi connectivity index (χ0v) is 32.9. The highest BCUT2D eigenvalue weighted by Gasteiger charge is 2.37. The summed E-state index contributed by atoms with van der Waals surface area (Å²) < 4.78 is 0. The highest BCUT2D eigenvalue weighted by atomic mass is 14.4. The molecule has 0 atom stereocenters. The summed E-state index contributed by atoms with van der Waals surface area (Å²) in [4.78, 5) is 0. The molecule has 0 heteroatoms. The van der Waals surface area contributed by atoms with Gasteiger partial charge in [-0.3, -0.25) is 0 Å². The van der Waals surface area contributed by atoms with Gasteiger partial charge in [0.25, 0.3) is 0 Å². The molecule has 2 aromatic rings. The van der Waals surface area contributed by atoms with Crippen LogP contribution in [-0.4, -0.2) is 0 Å². The Morgan fingerprint density at radius 3 is 0.977 bits per heavy atom. The van der Waals surface area contributed by atoms with E-state index in [-0.39, 0.29) is 37.9 Å². The molecule has 0 amide bonds. The Morgan fingerprint density at radius 2 is 0.651 bits per heavy atom. The minimum atomic E-state index is 0.0541. The molecule has 0 aliphatic carbocycles. The van der Waals surface area contributed by atoms with Crippen molar-refractivity contribution in [3.63, 3.8) is 0 Å². The summed E-state index contributed by atoms with van der Waals surface area (Å²) in [5, 5.41) is 0. The van der Waals surface area contributed by atoms with Gasteiger partial charge < -0.3 is 0 Å².